The molecule has 3 aromatic heterocycles. The predicted molar refractivity (Wildman–Crippen MR) is 171 cm³/mol. The quantitative estimate of drug-likeness (QED) is 0.102. The molecule has 8 bridgehead atoms. The third kappa shape index (κ3) is 5.31. The summed E-state index contributed by atoms with van der Waals surface area (Å²) < 4.78 is 0. The molecular weight excluding hydrogens is 634 g/mol. The van der Waals surface area contributed by atoms with Crippen molar-refractivity contribution in [3.63, 3.8) is 0 Å². The molecule has 2 aliphatic rings. The van der Waals surface area contributed by atoms with Crippen molar-refractivity contribution in [3.8, 4) is 11.1 Å². The fourth-order valence-corrected chi connectivity index (χ4v) is 6.38. The maximum absolute atomic E-state index is 11.2. The van der Waals surface area contributed by atoms with Gasteiger partial charge in [-0.15, -0.1) is 0 Å². The van der Waals surface area contributed by atoms with Crippen LogP contribution in [-0.4, -0.2) is 35.5 Å². The minimum absolute atomic E-state index is 0.0560. The van der Waals surface area contributed by atoms with Gasteiger partial charge < -0.3 is 9.97 Å². The fourth-order valence-electron chi connectivity index (χ4n) is 5.27. The molecule has 0 amide bonds. The fraction of sp³-hybridized carbons (Fsp3) is 0.161. The summed E-state index contributed by atoms with van der Waals surface area (Å²) in [7, 11) is 0. The zero-order valence-corrected chi connectivity index (χ0v) is 24.6. The van der Waals surface area contributed by atoms with Crippen LogP contribution in [0.4, 0.5) is 5.69 Å². The highest BCUT2D eigenvalue weighted by atomic mass is 79.9. The second kappa shape index (κ2) is 11.3. The maximum atomic E-state index is 11.2. The van der Waals surface area contributed by atoms with E-state index in [9.17, 15) is 10.1 Å². The van der Waals surface area contributed by atoms with E-state index in [0.29, 0.717) is 5.92 Å². The summed E-state index contributed by atoms with van der Waals surface area (Å²) in [5.74, 6) is 0.302. The first-order valence-electron chi connectivity index (χ1n) is 13.0. The molecule has 2 aliphatic heterocycles. The highest BCUT2D eigenvalue weighted by Crippen LogP contribution is 2.34. The number of aromatic amines is 2. The molecule has 0 unspecified atom stereocenters. The molecule has 9 heteroatoms. The first-order valence-corrected chi connectivity index (χ1v) is 15.2. The van der Waals surface area contributed by atoms with Gasteiger partial charge in [-0.05, 0) is 97.2 Å². The van der Waals surface area contributed by atoms with Gasteiger partial charge in [0.05, 0.1) is 27.7 Å². The van der Waals surface area contributed by atoms with E-state index in [-0.39, 0.29) is 10.6 Å². The molecule has 0 saturated heterocycles. The summed E-state index contributed by atoms with van der Waals surface area (Å²) in [5, 5.41) is 13.0. The molecule has 0 fully saturated rings. The van der Waals surface area contributed by atoms with Gasteiger partial charge in [-0.3, -0.25) is 10.1 Å². The number of rotatable bonds is 7. The van der Waals surface area contributed by atoms with E-state index in [2.05, 4.69) is 54.0 Å². The van der Waals surface area contributed by atoms with Crippen LogP contribution >= 0.6 is 31.9 Å². The zero-order valence-electron chi connectivity index (χ0n) is 21.4. The number of halogens is 2. The van der Waals surface area contributed by atoms with Gasteiger partial charge in [-0.2, -0.15) is 0 Å². The number of alkyl halides is 2. The Morgan fingerprint density at radius 2 is 1.27 bits per heavy atom. The molecule has 0 atom stereocenters. The normalized spacial score (nSPS) is 12.4. The monoisotopic (exact) mass is 657 g/mol. The second-order valence-corrected chi connectivity index (χ2v) is 11.3. The number of benzene rings is 1. The van der Waals surface area contributed by atoms with Crippen molar-refractivity contribution >= 4 is 83.9 Å². The summed E-state index contributed by atoms with van der Waals surface area (Å²) >= 11 is 7.29. The number of hydrogen-bond donors (Lipinski definition) is 2. The summed E-state index contributed by atoms with van der Waals surface area (Å²) in [6, 6.07) is 18.8. The molecule has 0 radical (unpaired) electrons. The lowest BCUT2D eigenvalue weighted by molar-refractivity contribution is -0.384. The van der Waals surface area contributed by atoms with E-state index in [1.807, 2.05) is 48.6 Å². The Balaban J connectivity index is 1.64. The SMILES string of the molecule is O=[N+]([O-])c1ccc(-c2c3ccc(cc4nc(c(C(CCBr)CCBr)c5nc(cc6ccc2[nH]6)C=C5)C=C4)[nH]3)cc1. The molecule has 2 N–H and O–H groups in total. The Morgan fingerprint density at radius 1 is 0.750 bits per heavy atom. The van der Waals surface area contributed by atoms with E-state index < -0.39 is 0 Å². The zero-order chi connectivity index (χ0) is 27.6. The van der Waals surface area contributed by atoms with E-state index in [0.717, 1.165) is 79.5 Å². The minimum Gasteiger partial charge on any atom is -0.355 e. The van der Waals surface area contributed by atoms with Gasteiger partial charge in [0.15, 0.2) is 0 Å². The molecule has 0 aliphatic carbocycles. The maximum Gasteiger partial charge on any atom is 0.269 e. The van der Waals surface area contributed by atoms with Crippen LogP contribution in [0, 0.1) is 10.1 Å². The summed E-state index contributed by atoms with van der Waals surface area (Å²) in [4.78, 5) is 27.9. The Morgan fingerprint density at radius 3 is 1.75 bits per heavy atom. The van der Waals surface area contributed by atoms with Gasteiger partial charge in [0.25, 0.3) is 5.69 Å². The predicted octanol–water partition coefficient (Wildman–Crippen LogP) is 8.88. The topological polar surface area (TPSA) is 100 Å². The van der Waals surface area contributed by atoms with Crippen LogP contribution in [-0.2, 0) is 0 Å². The largest absolute Gasteiger partial charge is 0.355 e. The van der Waals surface area contributed by atoms with Gasteiger partial charge >= 0.3 is 0 Å². The van der Waals surface area contributed by atoms with Crippen LogP contribution in [0.2, 0.25) is 0 Å². The molecule has 0 saturated carbocycles. The van der Waals surface area contributed by atoms with E-state index >= 15 is 0 Å². The Kier molecular flexibility index (Phi) is 7.49. The van der Waals surface area contributed by atoms with Crippen molar-refractivity contribution in [2.45, 2.75) is 18.8 Å². The highest BCUT2D eigenvalue weighted by molar-refractivity contribution is 9.09. The standard InChI is InChI=1S/C31H25Br2N5O2/c32-15-13-20(14-16-33)31-28-11-5-23(36-28)17-21-3-9-26(34-21)30(19-1-7-25(8-2-19)38(39)40)27-10-4-22(35-27)18-24-6-12-29(31)37-24/h1-12,17-18,20,34-35H,13-16H2. The molecule has 0 spiro atoms. The number of nitrogens with one attached hydrogen (secondary N) is 2. The number of nitrogens with zero attached hydrogens (tertiary/aromatic N) is 3. The molecule has 40 heavy (non-hydrogen) atoms. The van der Waals surface area contributed by atoms with Gasteiger partial charge in [0.2, 0.25) is 0 Å². The van der Waals surface area contributed by atoms with Crippen LogP contribution in [0.25, 0.3) is 57.5 Å². The van der Waals surface area contributed by atoms with Crippen molar-refractivity contribution in [2.24, 2.45) is 0 Å². The minimum atomic E-state index is -0.385. The van der Waals surface area contributed by atoms with Crippen molar-refractivity contribution in [2.75, 3.05) is 10.7 Å². The second-order valence-electron chi connectivity index (χ2n) is 9.70. The molecule has 1 aromatic carbocycles. The lowest BCUT2D eigenvalue weighted by atomic mass is 9.91. The molecule has 6 rings (SSSR count). The Hall–Kier alpha value is -3.82. The van der Waals surface area contributed by atoms with Crippen LogP contribution < -0.4 is 0 Å². The summed E-state index contributed by atoms with van der Waals surface area (Å²) in [6.07, 6.45) is 10.2. The number of nitro benzene ring substituents is 1. The van der Waals surface area contributed by atoms with E-state index in [1.54, 1.807) is 12.1 Å². The first-order chi connectivity index (χ1) is 19.5. The lowest BCUT2D eigenvalue weighted by Crippen LogP contribution is -2.05. The van der Waals surface area contributed by atoms with Crippen LogP contribution in [0.15, 0.2) is 60.7 Å². The summed E-state index contributed by atoms with van der Waals surface area (Å²) in [6.45, 7) is 0. The number of hydrogen-bond acceptors (Lipinski definition) is 4. The van der Waals surface area contributed by atoms with E-state index in [4.69, 9.17) is 9.97 Å². The number of aromatic nitrogens is 4. The van der Waals surface area contributed by atoms with Crippen LogP contribution in [0.1, 0.15) is 47.1 Å². The average molecular weight is 659 g/mol. The van der Waals surface area contributed by atoms with Crippen molar-refractivity contribution in [3.05, 3.63) is 99.1 Å². The van der Waals surface area contributed by atoms with E-state index in [1.165, 1.54) is 17.7 Å². The Bertz CT molecular complexity index is 1720. The Labute approximate surface area is 247 Å². The number of non-ortho nitro benzene ring substituents is 1. The van der Waals surface area contributed by atoms with Crippen molar-refractivity contribution in [1.29, 1.82) is 0 Å². The molecule has 7 nitrogen and oxygen atoms in total. The van der Waals surface area contributed by atoms with Gasteiger partial charge in [0, 0.05) is 56.0 Å². The third-order valence-corrected chi connectivity index (χ3v) is 8.04. The smallest absolute Gasteiger partial charge is 0.269 e. The number of fused-ring (bicyclic) bond motifs is 8. The number of nitro groups is 1. The highest BCUT2D eigenvalue weighted by Gasteiger charge is 2.20. The summed E-state index contributed by atoms with van der Waals surface area (Å²) in [5.41, 5.74) is 10.2. The molecule has 200 valence electrons. The van der Waals surface area contributed by atoms with Gasteiger partial charge in [0.1, 0.15) is 0 Å². The molecular formula is C31H25Br2N5O2. The number of H-pyrrole nitrogens is 2. The third-order valence-electron chi connectivity index (χ3n) is 7.13. The lowest BCUT2D eigenvalue weighted by Gasteiger charge is -2.16. The average Bonchev–Trinajstić information content (AvgIpc) is 3.76. The van der Waals surface area contributed by atoms with Gasteiger partial charge in [-0.1, -0.05) is 31.9 Å². The van der Waals surface area contributed by atoms with Crippen LogP contribution in [0.5, 0.6) is 0 Å². The van der Waals surface area contributed by atoms with Crippen LogP contribution in [0.3, 0.4) is 0 Å². The van der Waals surface area contributed by atoms with Crippen molar-refractivity contribution in [1.82, 2.24) is 19.9 Å². The molecule has 4 aromatic rings. The first kappa shape index (κ1) is 26.4. The molecule has 5 heterocycles. The van der Waals surface area contributed by atoms with Crippen molar-refractivity contribution < 1.29 is 4.92 Å². The van der Waals surface area contributed by atoms with Gasteiger partial charge in [-0.25, -0.2) is 9.97 Å².